The van der Waals surface area contributed by atoms with Gasteiger partial charge in [0.05, 0.1) is 29.2 Å². The van der Waals surface area contributed by atoms with Crippen molar-refractivity contribution in [2.75, 3.05) is 37.7 Å². The number of rotatable bonds is 6. The molecule has 0 bridgehead atoms. The van der Waals surface area contributed by atoms with Gasteiger partial charge in [-0.25, -0.2) is 22.6 Å². The summed E-state index contributed by atoms with van der Waals surface area (Å²) in [5, 5.41) is 38.5. The van der Waals surface area contributed by atoms with E-state index in [4.69, 9.17) is 25.8 Å². The van der Waals surface area contributed by atoms with E-state index in [9.17, 15) is 28.2 Å². The standard InChI is InChI=1S/C34H30ClF3N8O6/c35-21-14-20(6-7-25(21)43-8-10-44(11-9-43)34(48)49)45-17-39-41-32(45)31-29(47)28(30-26(51-31)16-50-33(52-30)18-4-2-1-3-5-18)46-15-24(40-42-46)19-12-22(36)27(38)23(37)13-19/h1-7,12-15,17,26,28-31,33,47H,8-11,16H2,(H,48,49)/t26-,28-,29-,30+,31-,33?/m1/s1. The lowest BCUT2D eigenvalue weighted by Gasteiger charge is -2.47. The fourth-order valence-corrected chi connectivity index (χ4v) is 7.14. The van der Waals surface area contributed by atoms with Gasteiger partial charge in [-0.3, -0.25) is 4.57 Å². The summed E-state index contributed by atoms with van der Waals surface area (Å²) < 4.78 is 63.9. The van der Waals surface area contributed by atoms with Crippen LogP contribution in [0.25, 0.3) is 16.9 Å². The largest absolute Gasteiger partial charge is 0.465 e. The molecule has 5 aromatic rings. The van der Waals surface area contributed by atoms with Crippen molar-refractivity contribution in [1.82, 2.24) is 34.7 Å². The monoisotopic (exact) mass is 738 g/mol. The van der Waals surface area contributed by atoms with E-state index >= 15 is 0 Å². The topological polar surface area (TPSA) is 153 Å². The number of fused-ring (bicyclic) bond motifs is 1. The van der Waals surface area contributed by atoms with Crippen molar-refractivity contribution >= 4 is 23.4 Å². The SMILES string of the molecule is O=C(O)N1CCN(c2ccc(-n3cnnc3[C@@H]3O[C@@H]4COC(c5ccccc5)O[C@@H]4[C@H](n4cc(-c5cc(F)c(F)c(F)c5)nn4)[C@H]3O)cc2Cl)CC1. The van der Waals surface area contributed by atoms with Crippen molar-refractivity contribution in [3.63, 3.8) is 0 Å². The van der Waals surface area contributed by atoms with Crippen LogP contribution in [0.5, 0.6) is 0 Å². The lowest BCUT2D eigenvalue weighted by atomic mass is 9.91. The molecular formula is C34H30ClF3N8O6. The molecule has 3 aliphatic rings. The Morgan fingerprint density at radius 2 is 1.69 bits per heavy atom. The number of benzene rings is 3. The van der Waals surface area contributed by atoms with Crippen molar-refractivity contribution in [3.8, 4) is 16.9 Å². The van der Waals surface area contributed by atoms with Crippen LogP contribution in [0.3, 0.4) is 0 Å². The smallest absolute Gasteiger partial charge is 0.407 e. The minimum Gasteiger partial charge on any atom is -0.465 e. The molecule has 3 saturated heterocycles. The quantitative estimate of drug-likeness (QED) is 0.236. The number of nitrogens with zero attached hydrogens (tertiary/aromatic N) is 8. The summed E-state index contributed by atoms with van der Waals surface area (Å²) in [6, 6.07) is 15.2. The molecule has 0 aliphatic carbocycles. The maximum absolute atomic E-state index is 14.1. The predicted molar refractivity (Wildman–Crippen MR) is 176 cm³/mol. The van der Waals surface area contributed by atoms with Crippen LogP contribution < -0.4 is 4.90 Å². The van der Waals surface area contributed by atoms with Crippen molar-refractivity contribution in [1.29, 1.82) is 0 Å². The number of aliphatic hydroxyl groups excluding tert-OH is 1. The number of hydrogen-bond donors (Lipinski definition) is 2. The fourth-order valence-electron chi connectivity index (χ4n) is 6.85. The average molecular weight is 739 g/mol. The molecule has 5 heterocycles. The molecule has 1 amide bonds. The van der Waals surface area contributed by atoms with E-state index in [1.54, 1.807) is 16.7 Å². The Balaban J connectivity index is 1.11. The highest BCUT2D eigenvalue weighted by atomic mass is 35.5. The van der Waals surface area contributed by atoms with Gasteiger partial charge in [0, 0.05) is 37.3 Å². The summed E-state index contributed by atoms with van der Waals surface area (Å²) >= 11 is 6.76. The molecule has 2 N–H and O–H groups in total. The van der Waals surface area contributed by atoms with E-state index in [1.807, 2.05) is 41.3 Å². The minimum atomic E-state index is -1.61. The summed E-state index contributed by atoms with van der Waals surface area (Å²) in [5.41, 5.74) is 2.00. The molecule has 0 spiro atoms. The third kappa shape index (κ3) is 6.23. The predicted octanol–water partition coefficient (Wildman–Crippen LogP) is 4.55. The molecule has 18 heteroatoms. The second-order valence-electron chi connectivity index (χ2n) is 12.5. The highest BCUT2D eigenvalue weighted by Crippen LogP contribution is 2.44. The Labute approximate surface area is 298 Å². The third-order valence-corrected chi connectivity index (χ3v) is 9.78. The first-order chi connectivity index (χ1) is 25.2. The first-order valence-corrected chi connectivity index (χ1v) is 16.7. The first kappa shape index (κ1) is 34.0. The molecule has 3 aromatic carbocycles. The number of anilines is 1. The Kier molecular flexibility index (Phi) is 9.04. The normalized spacial score (nSPS) is 24.9. The highest BCUT2D eigenvalue weighted by molar-refractivity contribution is 6.33. The molecule has 1 unspecified atom stereocenters. The Hall–Kier alpha value is -5.07. The number of piperazine rings is 1. The molecule has 270 valence electrons. The van der Waals surface area contributed by atoms with Crippen LogP contribution in [0.2, 0.25) is 5.02 Å². The molecule has 0 saturated carbocycles. The maximum Gasteiger partial charge on any atom is 0.407 e. The van der Waals surface area contributed by atoms with E-state index in [-0.39, 0.29) is 23.7 Å². The minimum absolute atomic E-state index is 0.0264. The number of carbonyl (C=O) groups is 1. The molecule has 8 rings (SSSR count). The van der Waals surface area contributed by atoms with Gasteiger partial charge in [-0.15, -0.1) is 15.3 Å². The second-order valence-corrected chi connectivity index (χ2v) is 12.9. The summed E-state index contributed by atoms with van der Waals surface area (Å²) in [6.07, 6.45) is -3.06. The van der Waals surface area contributed by atoms with E-state index in [1.165, 1.54) is 22.1 Å². The average Bonchev–Trinajstić information content (AvgIpc) is 3.85. The van der Waals surface area contributed by atoms with Crippen LogP contribution >= 0.6 is 11.6 Å². The van der Waals surface area contributed by atoms with Gasteiger partial charge in [0.2, 0.25) is 0 Å². The van der Waals surface area contributed by atoms with Gasteiger partial charge in [-0.05, 0) is 30.3 Å². The number of aromatic nitrogens is 6. The molecule has 3 fully saturated rings. The molecule has 0 radical (unpaired) electrons. The van der Waals surface area contributed by atoms with Crippen molar-refractivity contribution in [3.05, 3.63) is 107 Å². The van der Waals surface area contributed by atoms with Crippen LogP contribution in [0, 0.1) is 17.5 Å². The van der Waals surface area contributed by atoms with Gasteiger partial charge in [0.25, 0.3) is 0 Å². The Bertz CT molecular complexity index is 2080. The fraction of sp³-hybridized carbons (Fsp3) is 0.324. The Morgan fingerprint density at radius 3 is 2.40 bits per heavy atom. The zero-order valence-electron chi connectivity index (χ0n) is 27.0. The number of halogens is 4. The molecule has 2 aromatic heterocycles. The van der Waals surface area contributed by atoms with Gasteiger partial charge in [0.1, 0.15) is 42.5 Å². The van der Waals surface area contributed by atoms with Gasteiger partial charge >= 0.3 is 6.09 Å². The van der Waals surface area contributed by atoms with Crippen molar-refractivity contribution in [2.24, 2.45) is 0 Å². The van der Waals surface area contributed by atoms with E-state index in [0.717, 1.165) is 23.4 Å². The zero-order chi connectivity index (χ0) is 36.1. The summed E-state index contributed by atoms with van der Waals surface area (Å²) in [7, 11) is 0. The van der Waals surface area contributed by atoms with Gasteiger partial charge in [-0.2, -0.15) is 0 Å². The highest BCUT2D eigenvalue weighted by Gasteiger charge is 2.52. The number of ether oxygens (including phenoxy) is 3. The second kappa shape index (κ2) is 13.8. The summed E-state index contributed by atoms with van der Waals surface area (Å²) in [5.74, 6) is -4.16. The molecule has 14 nitrogen and oxygen atoms in total. The first-order valence-electron chi connectivity index (χ1n) is 16.3. The van der Waals surface area contributed by atoms with Crippen molar-refractivity contribution in [2.45, 2.75) is 36.7 Å². The van der Waals surface area contributed by atoms with Crippen LogP contribution in [0.1, 0.15) is 29.8 Å². The summed E-state index contributed by atoms with van der Waals surface area (Å²) in [6.45, 7) is 1.68. The number of hydrogen-bond acceptors (Lipinski definition) is 10. The summed E-state index contributed by atoms with van der Waals surface area (Å²) in [4.78, 5) is 14.7. The number of amides is 1. The van der Waals surface area contributed by atoms with Gasteiger partial charge < -0.3 is 34.2 Å². The molecule has 6 atom stereocenters. The van der Waals surface area contributed by atoms with Gasteiger partial charge in [-0.1, -0.05) is 47.1 Å². The zero-order valence-corrected chi connectivity index (χ0v) is 27.8. The van der Waals surface area contributed by atoms with E-state index < -0.39 is 60.3 Å². The van der Waals surface area contributed by atoms with Crippen LogP contribution in [-0.4, -0.2) is 102 Å². The molecule has 52 heavy (non-hydrogen) atoms. The number of carboxylic acid groups (broad SMARTS) is 1. The van der Waals surface area contributed by atoms with Crippen LogP contribution in [0.15, 0.2) is 73.2 Å². The van der Waals surface area contributed by atoms with Crippen LogP contribution in [0.4, 0.5) is 23.7 Å². The third-order valence-electron chi connectivity index (χ3n) is 9.47. The number of aliphatic hydroxyl groups is 1. The van der Waals surface area contributed by atoms with E-state index in [2.05, 4.69) is 20.5 Å². The van der Waals surface area contributed by atoms with E-state index in [0.29, 0.717) is 36.9 Å². The lowest BCUT2D eigenvalue weighted by molar-refractivity contribution is -0.319. The Morgan fingerprint density at radius 1 is 0.942 bits per heavy atom. The lowest BCUT2D eigenvalue weighted by Crippen LogP contribution is -2.57. The maximum atomic E-state index is 14.1. The van der Waals surface area contributed by atoms with Crippen molar-refractivity contribution < 1.29 is 42.4 Å². The van der Waals surface area contributed by atoms with Crippen LogP contribution in [-0.2, 0) is 14.2 Å². The molecular weight excluding hydrogens is 709 g/mol. The molecule has 3 aliphatic heterocycles. The van der Waals surface area contributed by atoms with Gasteiger partial charge in [0.15, 0.2) is 29.6 Å².